The number of hydrogen-bond acceptors (Lipinski definition) is 5. The quantitative estimate of drug-likeness (QED) is 0.915. The van der Waals surface area contributed by atoms with Crippen LogP contribution in [0.4, 0.5) is 0 Å². The van der Waals surface area contributed by atoms with Gasteiger partial charge in [0, 0.05) is 5.69 Å². The molecule has 0 radical (unpaired) electrons. The molecule has 0 aliphatic rings. The molecule has 0 fully saturated rings. The Hall–Kier alpha value is -1.96. The van der Waals surface area contributed by atoms with E-state index in [0.29, 0.717) is 22.4 Å². The zero-order valence-corrected chi connectivity index (χ0v) is 15.9. The lowest BCUT2D eigenvalue weighted by molar-refractivity contribution is 0.0983. The van der Waals surface area contributed by atoms with Crippen LogP contribution in [-0.2, 0) is 15.6 Å². The second-order valence-corrected chi connectivity index (χ2v) is 9.07. The van der Waals surface area contributed by atoms with Gasteiger partial charge in [0.1, 0.15) is 0 Å². The maximum atomic E-state index is 12.5. The van der Waals surface area contributed by atoms with Gasteiger partial charge in [-0.05, 0) is 39.7 Å². The third kappa shape index (κ3) is 3.58. The number of sulfonamides is 1. The van der Waals surface area contributed by atoms with Gasteiger partial charge in [-0.15, -0.1) is 0 Å². The highest BCUT2D eigenvalue weighted by molar-refractivity contribution is 7.89. The smallest absolute Gasteiger partial charge is 0.265 e. The van der Waals surface area contributed by atoms with Crippen molar-refractivity contribution in [3.63, 3.8) is 0 Å². The third-order valence-electron chi connectivity index (χ3n) is 3.58. The van der Waals surface area contributed by atoms with E-state index in [0.717, 1.165) is 6.26 Å². The molecule has 7 nitrogen and oxygen atoms in total. The minimum atomic E-state index is -3.65. The van der Waals surface area contributed by atoms with Gasteiger partial charge in [0.25, 0.3) is 5.91 Å². The van der Waals surface area contributed by atoms with Gasteiger partial charge < -0.3 is 0 Å². The van der Waals surface area contributed by atoms with Crippen molar-refractivity contribution in [3.8, 4) is 0 Å². The van der Waals surface area contributed by atoms with E-state index in [1.54, 1.807) is 17.7 Å². The van der Waals surface area contributed by atoms with Gasteiger partial charge in [-0.25, -0.2) is 22.8 Å². The Kier molecular flexibility index (Phi) is 4.47. The van der Waals surface area contributed by atoms with Crippen LogP contribution in [0.1, 0.15) is 62.3 Å². The van der Waals surface area contributed by atoms with Gasteiger partial charge in [-0.3, -0.25) is 4.79 Å². The predicted molar refractivity (Wildman–Crippen MR) is 93.7 cm³/mol. The van der Waals surface area contributed by atoms with E-state index in [9.17, 15) is 13.2 Å². The summed E-state index contributed by atoms with van der Waals surface area (Å²) in [4.78, 5) is 17.2. The first-order valence-electron chi connectivity index (χ1n) is 7.74. The van der Waals surface area contributed by atoms with Crippen LogP contribution < -0.4 is 4.72 Å². The molecule has 1 N–H and O–H groups in total. The fourth-order valence-corrected chi connectivity index (χ4v) is 2.92. The zero-order chi connectivity index (χ0) is 18.4. The molecule has 8 heteroatoms. The monoisotopic (exact) mass is 352 g/mol. The fraction of sp³-hybridized carbons (Fsp3) is 0.562. The summed E-state index contributed by atoms with van der Waals surface area (Å²) in [5.41, 5.74) is 1.90. The molecule has 2 rings (SSSR count). The number of pyridine rings is 1. The number of aryl methyl sites for hydroxylation is 1. The Morgan fingerprint density at radius 3 is 2.33 bits per heavy atom. The van der Waals surface area contributed by atoms with Crippen LogP contribution in [0.2, 0.25) is 0 Å². The molecule has 0 bridgehead atoms. The van der Waals surface area contributed by atoms with Crippen LogP contribution in [0.3, 0.4) is 0 Å². The summed E-state index contributed by atoms with van der Waals surface area (Å²) in [6.07, 6.45) is 0.956. The van der Waals surface area contributed by atoms with E-state index < -0.39 is 15.9 Å². The molecule has 1 amide bonds. The van der Waals surface area contributed by atoms with Gasteiger partial charge in [0.05, 0.1) is 28.4 Å². The summed E-state index contributed by atoms with van der Waals surface area (Å²) in [5.74, 6) is -0.578. The average Bonchev–Trinajstić information content (AvgIpc) is 2.73. The fourth-order valence-electron chi connectivity index (χ4n) is 2.47. The summed E-state index contributed by atoms with van der Waals surface area (Å²) < 4.78 is 26.7. The Labute approximate surface area is 142 Å². The highest BCUT2D eigenvalue weighted by atomic mass is 32.2. The molecule has 0 unspecified atom stereocenters. The molecule has 0 aliphatic heterocycles. The first-order chi connectivity index (χ1) is 10.8. The number of rotatable bonds is 3. The van der Waals surface area contributed by atoms with E-state index in [-0.39, 0.29) is 17.0 Å². The topological polar surface area (TPSA) is 93.9 Å². The number of hydrogen-bond donors (Lipinski definition) is 1. The van der Waals surface area contributed by atoms with Crippen molar-refractivity contribution in [1.29, 1.82) is 0 Å². The van der Waals surface area contributed by atoms with Crippen LogP contribution in [0.5, 0.6) is 0 Å². The van der Waals surface area contributed by atoms with Crippen molar-refractivity contribution in [2.45, 2.75) is 53.0 Å². The first-order valence-corrected chi connectivity index (χ1v) is 9.63. The largest absolute Gasteiger partial charge is 0.268 e. The lowest BCUT2D eigenvalue weighted by Gasteiger charge is -2.20. The minimum Gasteiger partial charge on any atom is -0.268 e. The number of carbonyl (C=O) groups excluding carboxylic acids is 1. The Bertz CT molecular complexity index is 906. The Morgan fingerprint density at radius 2 is 1.88 bits per heavy atom. The maximum Gasteiger partial charge on any atom is 0.265 e. The molecular weight excluding hydrogens is 328 g/mol. The van der Waals surface area contributed by atoms with Crippen molar-refractivity contribution in [3.05, 3.63) is 23.0 Å². The second-order valence-electron chi connectivity index (χ2n) is 7.32. The molecule has 0 aromatic carbocycles. The van der Waals surface area contributed by atoms with Gasteiger partial charge >= 0.3 is 0 Å². The average molecular weight is 352 g/mol. The summed E-state index contributed by atoms with van der Waals surface area (Å²) >= 11 is 0. The third-order valence-corrected chi connectivity index (χ3v) is 4.14. The van der Waals surface area contributed by atoms with Crippen molar-refractivity contribution in [1.82, 2.24) is 19.5 Å². The molecule has 2 heterocycles. The van der Waals surface area contributed by atoms with Crippen LogP contribution >= 0.6 is 0 Å². The molecule has 0 saturated heterocycles. The molecule has 0 atom stereocenters. The van der Waals surface area contributed by atoms with Crippen molar-refractivity contribution in [2.75, 3.05) is 6.26 Å². The normalized spacial score (nSPS) is 12.8. The van der Waals surface area contributed by atoms with E-state index in [4.69, 9.17) is 0 Å². The van der Waals surface area contributed by atoms with Crippen molar-refractivity contribution >= 4 is 27.0 Å². The highest BCUT2D eigenvalue weighted by Crippen LogP contribution is 2.28. The van der Waals surface area contributed by atoms with Crippen LogP contribution in [0.25, 0.3) is 11.0 Å². The lowest BCUT2D eigenvalue weighted by atomic mass is 10.0. The predicted octanol–water partition coefficient (Wildman–Crippen LogP) is 2.31. The lowest BCUT2D eigenvalue weighted by Crippen LogP contribution is -2.30. The summed E-state index contributed by atoms with van der Waals surface area (Å²) in [6.45, 7) is 11.7. The number of nitrogens with one attached hydrogen (secondary N) is 1. The summed E-state index contributed by atoms with van der Waals surface area (Å²) in [7, 11) is -3.65. The number of carbonyl (C=O) groups is 1. The molecule has 0 saturated carbocycles. The summed E-state index contributed by atoms with van der Waals surface area (Å²) in [6, 6.07) is 1.65. The van der Waals surface area contributed by atoms with E-state index in [1.807, 2.05) is 39.3 Å². The number of nitrogens with zero attached hydrogens (tertiary/aromatic N) is 3. The van der Waals surface area contributed by atoms with E-state index in [1.165, 1.54) is 0 Å². The van der Waals surface area contributed by atoms with Gasteiger partial charge in [-0.1, -0.05) is 13.8 Å². The van der Waals surface area contributed by atoms with Crippen LogP contribution in [0.15, 0.2) is 6.07 Å². The molecule has 0 aliphatic carbocycles. The molecule has 0 spiro atoms. The zero-order valence-electron chi connectivity index (χ0n) is 15.1. The van der Waals surface area contributed by atoms with Crippen LogP contribution in [0, 0.1) is 6.92 Å². The molecule has 2 aromatic rings. The molecule has 24 heavy (non-hydrogen) atoms. The number of fused-ring (bicyclic) bond motifs is 1. The van der Waals surface area contributed by atoms with Gasteiger partial charge in [0.15, 0.2) is 5.65 Å². The SMILES string of the molecule is Cc1nn(C(C)(C)C)c2nc(C(C)C)cc(C(=O)NS(C)(=O)=O)c12. The maximum absolute atomic E-state index is 12.5. The van der Waals surface area contributed by atoms with E-state index >= 15 is 0 Å². The number of aromatic nitrogens is 3. The summed E-state index contributed by atoms with van der Waals surface area (Å²) in [5, 5.41) is 5.10. The number of amides is 1. The first kappa shape index (κ1) is 18.4. The van der Waals surface area contributed by atoms with Crippen molar-refractivity contribution < 1.29 is 13.2 Å². The molecule has 2 aromatic heterocycles. The van der Waals surface area contributed by atoms with Gasteiger partial charge in [0.2, 0.25) is 10.0 Å². The second kappa shape index (κ2) is 5.84. The van der Waals surface area contributed by atoms with Crippen LogP contribution in [-0.4, -0.2) is 35.3 Å². The molecule has 132 valence electrons. The Morgan fingerprint density at radius 1 is 1.29 bits per heavy atom. The highest BCUT2D eigenvalue weighted by Gasteiger charge is 2.26. The molecular formula is C16H24N4O3S. The van der Waals surface area contributed by atoms with Crippen molar-refractivity contribution in [2.24, 2.45) is 0 Å². The van der Waals surface area contributed by atoms with E-state index in [2.05, 4.69) is 10.1 Å². The standard InChI is InChI=1S/C16H24N4O3S/c1-9(2)12-8-11(15(21)19-24(7,22)23)13-10(3)18-20(14(13)17-12)16(4,5)6/h8-9H,1-7H3,(H,19,21). The van der Waals surface area contributed by atoms with Gasteiger partial charge in [-0.2, -0.15) is 5.10 Å². The minimum absolute atomic E-state index is 0.0859. The Balaban J connectivity index is 2.83.